The summed E-state index contributed by atoms with van der Waals surface area (Å²) in [6.45, 7) is 0. The Morgan fingerprint density at radius 2 is 1.93 bits per heavy atom. The molecule has 0 radical (unpaired) electrons. The number of fused-ring (bicyclic) bond motifs is 6. The predicted molar refractivity (Wildman–Crippen MR) is 111 cm³/mol. The van der Waals surface area contributed by atoms with Gasteiger partial charge >= 0.3 is 0 Å². The minimum Gasteiger partial charge on any atom is -0.375 e. The Balaban J connectivity index is 1.72. The zero-order valence-corrected chi connectivity index (χ0v) is 15.7. The van der Waals surface area contributed by atoms with Crippen LogP contribution in [0.15, 0.2) is 30.5 Å². The number of nitrogen functional groups attached to an aromatic ring is 1. The average Bonchev–Trinajstić information content (AvgIpc) is 3.31. The van der Waals surface area contributed by atoms with Gasteiger partial charge in [0.2, 0.25) is 0 Å². The molecule has 3 heterocycles. The van der Waals surface area contributed by atoms with Gasteiger partial charge in [-0.05, 0) is 48.9 Å². The van der Waals surface area contributed by atoms with Gasteiger partial charge in [-0.15, -0.1) is 0 Å². The van der Waals surface area contributed by atoms with Crippen molar-refractivity contribution in [3.8, 4) is 11.3 Å². The quantitative estimate of drug-likeness (QED) is 0.423. The molecule has 0 aliphatic heterocycles. The zero-order chi connectivity index (χ0) is 18.8. The summed E-state index contributed by atoms with van der Waals surface area (Å²) in [7, 11) is 0. The number of benzene rings is 2. The monoisotopic (exact) mass is 389 g/mol. The number of thiazole rings is 1. The van der Waals surface area contributed by atoms with E-state index in [0.29, 0.717) is 16.2 Å². The molecule has 6 rings (SSSR count). The fourth-order valence-electron chi connectivity index (χ4n) is 4.41. The van der Waals surface area contributed by atoms with Crippen LogP contribution in [0.3, 0.4) is 0 Å². The maximum absolute atomic E-state index is 15.0. The van der Waals surface area contributed by atoms with Crippen molar-refractivity contribution in [2.24, 2.45) is 0 Å². The van der Waals surface area contributed by atoms with Crippen molar-refractivity contribution in [1.82, 2.24) is 20.2 Å². The van der Waals surface area contributed by atoms with Gasteiger partial charge in [-0.2, -0.15) is 5.10 Å². The van der Waals surface area contributed by atoms with Crippen molar-refractivity contribution in [3.63, 3.8) is 0 Å². The Morgan fingerprint density at radius 1 is 1.07 bits per heavy atom. The number of nitrogens with one attached hydrogen (secondary N) is 1. The van der Waals surface area contributed by atoms with E-state index < -0.39 is 0 Å². The van der Waals surface area contributed by atoms with Crippen LogP contribution in [-0.2, 0) is 12.8 Å². The molecule has 0 saturated carbocycles. The van der Waals surface area contributed by atoms with Crippen molar-refractivity contribution in [2.75, 3.05) is 5.73 Å². The SMILES string of the molecule is Nc1nc2ccc(-c3nc4c(F)cc5[nH]ncc5c4c4c3CCCC4)cc2s1. The summed E-state index contributed by atoms with van der Waals surface area (Å²) in [5.41, 5.74) is 12.2. The first-order valence-electron chi connectivity index (χ1n) is 9.32. The number of pyridine rings is 1. The lowest BCUT2D eigenvalue weighted by molar-refractivity contribution is 0.636. The first-order valence-corrected chi connectivity index (χ1v) is 10.1. The van der Waals surface area contributed by atoms with E-state index in [-0.39, 0.29) is 5.82 Å². The standard InChI is InChI=1S/C21H16FN5S/c22-14-8-16-13(9-24-27-16)18-11-3-1-2-4-12(11)19(26-20(14)18)10-5-6-15-17(7-10)28-21(23)25-15/h5-9H,1-4H2,(H2,23,25)(H,24,27). The molecule has 28 heavy (non-hydrogen) atoms. The van der Waals surface area contributed by atoms with Gasteiger partial charge in [0.1, 0.15) is 5.52 Å². The van der Waals surface area contributed by atoms with Gasteiger partial charge in [-0.1, -0.05) is 17.4 Å². The van der Waals surface area contributed by atoms with Crippen LogP contribution in [0.25, 0.3) is 43.3 Å². The molecule has 7 heteroatoms. The minimum absolute atomic E-state index is 0.315. The Labute approximate surface area is 163 Å². The molecule has 5 aromatic rings. The average molecular weight is 389 g/mol. The summed E-state index contributed by atoms with van der Waals surface area (Å²) in [4.78, 5) is 9.17. The normalized spacial score (nSPS) is 14.2. The van der Waals surface area contributed by atoms with Crippen LogP contribution in [-0.4, -0.2) is 20.2 Å². The lowest BCUT2D eigenvalue weighted by Crippen LogP contribution is -2.08. The first-order chi connectivity index (χ1) is 13.7. The first kappa shape index (κ1) is 15.9. The highest BCUT2D eigenvalue weighted by Crippen LogP contribution is 2.39. The molecule has 2 aromatic carbocycles. The van der Waals surface area contributed by atoms with Crippen molar-refractivity contribution in [1.29, 1.82) is 0 Å². The summed E-state index contributed by atoms with van der Waals surface area (Å²) >= 11 is 1.46. The van der Waals surface area contributed by atoms with E-state index in [1.165, 1.54) is 28.5 Å². The van der Waals surface area contributed by atoms with Crippen LogP contribution in [0.1, 0.15) is 24.0 Å². The summed E-state index contributed by atoms with van der Waals surface area (Å²) in [6, 6.07) is 7.54. The number of H-pyrrole nitrogens is 1. The molecule has 0 bridgehead atoms. The second-order valence-electron chi connectivity index (χ2n) is 7.27. The van der Waals surface area contributed by atoms with E-state index in [0.717, 1.165) is 57.9 Å². The maximum Gasteiger partial charge on any atom is 0.181 e. The predicted octanol–water partition coefficient (Wildman–Crippen LogP) is 4.99. The Hall–Kier alpha value is -3.06. The number of aromatic nitrogens is 4. The van der Waals surface area contributed by atoms with E-state index >= 15 is 0 Å². The second-order valence-corrected chi connectivity index (χ2v) is 8.33. The third-order valence-electron chi connectivity index (χ3n) is 5.63. The highest BCUT2D eigenvalue weighted by atomic mass is 32.1. The molecule has 1 aliphatic carbocycles. The molecule has 0 unspecified atom stereocenters. The van der Waals surface area contributed by atoms with Gasteiger partial charge in [0, 0.05) is 22.4 Å². The Morgan fingerprint density at radius 3 is 2.82 bits per heavy atom. The van der Waals surface area contributed by atoms with Crippen LogP contribution in [0.4, 0.5) is 9.52 Å². The molecule has 5 nitrogen and oxygen atoms in total. The highest BCUT2D eigenvalue weighted by molar-refractivity contribution is 7.22. The van der Waals surface area contributed by atoms with Crippen molar-refractivity contribution < 1.29 is 4.39 Å². The van der Waals surface area contributed by atoms with Crippen LogP contribution < -0.4 is 5.73 Å². The number of rotatable bonds is 1. The molecule has 0 spiro atoms. The number of anilines is 1. The number of halogens is 1. The minimum atomic E-state index is -0.315. The Kier molecular flexibility index (Phi) is 3.26. The topological polar surface area (TPSA) is 80.5 Å². The fraction of sp³-hybridized carbons (Fsp3) is 0.190. The van der Waals surface area contributed by atoms with Crippen LogP contribution in [0.2, 0.25) is 0 Å². The summed E-state index contributed by atoms with van der Waals surface area (Å²) < 4.78 is 16.0. The van der Waals surface area contributed by atoms with E-state index in [2.05, 4.69) is 21.2 Å². The van der Waals surface area contributed by atoms with E-state index in [9.17, 15) is 4.39 Å². The molecule has 0 fully saturated rings. The van der Waals surface area contributed by atoms with Crippen molar-refractivity contribution in [2.45, 2.75) is 25.7 Å². The van der Waals surface area contributed by atoms with Crippen molar-refractivity contribution in [3.05, 3.63) is 47.4 Å². The molecule has 3 N–H and O–H groups in total. The van der Waals surface area contributed by atoms with E-state index in [1.54, 1.807) is 6.20 Å². The van der Waals surface area contributed by atoms with E-state index in [1.807, 2.05) is 12.1 Å². The lowest BCUT2D eigenvalue weighted by atomic mass is 9.85. The summed E-state index contributed by atoms with van der Waals surface area (Å²) in [6.07, 6.45) is 5.88. The van der Waals surface area contributed by atoms with Gasteiger partial charge in [0.15, 0.2) is 10.9 Å². The number of aryl methyl sites for hydroxylation is 1. The molecule has 0 saturated heterocycles. The van der Waals surface area contributed by atoms with Crippen LogP contribution in [0.5, 0.6) is 0 Å². The molecule has 138 valence electrons. The zero-order valence-electron chi connectivity index (χ0n) is 14.9. The molecule has 0 atom stereocenters. The van der Waals surface area contributed by atoms with E-state index in [4.69, 9.17) is 10.7 Å². The third-order valence-corrected chi connectivity index (χ3v) is 6.48. The van der Waals surface area contributed by atoms with Gasteiger partial charge in [0.25, 0.3) is 0 Å². The molecule has 3 aromatic heterocycles. The lowest BCUT2D eigenvalue weighted by Gasteiger charge is -2.22. The number of hydrogen-bond donors (Lipinski definition) is 2. The van der Waals surface area contributed by atoms with Gasteiger partial charge in [-0.25, -0.2) is 14.4 Å². The third kappa shape index (κ3) is 2.19. The molecular weight excluding hydrogens is 373 g/mol. The highest BCUT2D eigenvalue weighted by Gasteiger charge is 2.23. The van der Waals surface area contributed by atoms with Crippen LogP contribution >= 0.6 is 11.3 Å². The fourth-order valence-corrected chi connectivity index (χ4v) is 5.19. The second kappa shape index (κ2) is 5.72. The number of aromatic amines is 1. The maximum atomic E-state index is 15.0. The smallest absolute Gasteiger partial charge is 0.181 e. The van der Waals surface area contributed by atoms with Gasteiger partial charge in [-0.3, -0.25) is 5.10 Å². The molecule has 1 aliphatic rings. The molecular formula is C21H16FN5S. The Bertz CT molecular complexity index is 1400. The van der Waals surface area contributed by atoms with Crippen LogP contribution in [0, 0.1) is 5.82 Å². The largest absolute Gasteiger partial charge is 0.375 e. The molecule has 0 amide bonds. The number of hydrogen-bond acceptors (Lipinski definition) is 5. The summed E-state index contributed by atoms with van der Waals surface area (Å²) in [5.74, 6) is -0.315. The van der Waals surface area contributed by atoms with Gasteiger partial charge < -0.3 is 5.73 Å². The number of nitrogens with zero attached hydrogens (tertiary/aromatic N) is 3. The summed E-state index contributed by atoms with van der Waals surface area (Å²) in [5, 5.41) is 9.42. The van der Waals surface area contributed by atoms with Gasteiger partial charge in [0.05, 0.1) is 27.6 Å². The number of nitrogens with two attached hydrogens (primary N) is 1. The van der Waals surface area contributed by atoms with Crippen molar-refractivity contribution >= 4 is 48.5 Å².